The van der Waals surface area contributed by atoms with E-state index in [1.807, 2.05) is 0 Å². The van der Waals surface area contributed by atoms with Crippen LogP contribution in [0.5, 0.6) is 5.75 Å². The standard InChI is InChI=1S/C18H19ClN2O4S/c1-13-18(22)20(16-12-14(19)8-9-17(16)25-2)10-11-21(13)26(23,24)15-6-4-3-5-7-15/h3-9,12-13H,10-11H2,1-2H3. The predicted molar refractivity (Wildman–Crippen MR) is 100 cm³/mol. The molecule has 3 rings (SSSR count). The molecule has 0 spiro atoms. The molecule has 1 aliphatic rings. The van der Waals surface area contributed by atoms with Crippen LogP contribution in [0.3, 0.4) is 0 Å². The van der Waals surface area contributed by atoms with Gasteiger partial charge in [0.15, 0.2) is 0 Å². The van der Waals surface area contributed by atoms with E-state index in [-0.39, 0.29) is 23.9 Å². The number of hydrogen-bond donors (Lipinski definition) is 0. The maximum atomic E-state index is 12.9. The second-order valence-corrected chi connectivity index (χ2v) is 8.24. The van der Waals surface area contributed by atoms with Crippen molar-refractivity contribution in [1.82, 2.24) is 4.31 Å². The smallest absolute Gasteiger partial charge is 0.245 e. The van der Waals surface area contributed by atoms with Crippen LogP contribution >= 0.6 is 11.6 Å². The van der Waals surface area contributed by atoms with Gasteiger partial charge in [0.25, 0.3) is 0 Å². The number of rotatable bonds is 4. The molecule has 0 aromatic heterocycles. The molecule has 1 saturated heterocycles. The molecule has 1 heterocycles. The zero-order chi connectivity index (χ0) is 18.9. The molecule has 1 amide bonds. The van der Waals surface area contributed by atoms with Crippen molar-refractivity contribution in [2.24, 2.45) is 0 Å². The van der Waals surface area contributed by atoms with Gasteiger partial charge in [-0.05, 0) is 37.3 Å². The Morgan fingerprint density at radius 2 is 1.81 bits per heavy atom. The molecule has 0 aliphatic carbocycles. The number of amides is 1. The average Bonchev–Trinajstić information content (AvgIpc) is 2.64. The molecule has 0 radical (unpaired) electrons. The number of carbonyl (C=O) groups is 1. The van der Waals surface area contributed by atoms with Gasteiger partial charge in [0.2, 0.25) is 15.9 Å². The van der Waals surface area contributed by atoms with Gasteiger partial charge in [-0.1, -0.05) is 29.8 Å². The van der Waals surface area contributed by atoms with Crippen molar-refractivity contribution in [3.05, 3.63) is 53.6 Å². The fourth-order valence-electron chi connectivity index (χ4n) is 3.02. The molecular weight excluding hydrogens is 376 g/mol. The molecule has 1 atom stereocenters. The van der Waals surface area contributed by atoms with E-state index in [1.165, 1.54) is 28.4 Å². The maximum Gasteiger partial charge on any atom is 0.245 e. The van der Waals surface area contributed by atoms with Crippen LogP contribution in [-0.4, -0.2) is 44.9 Å². The van der Waals surface area contributed by atoms with Gasteiger partial charge in [-0.15, -0.1) is 0 Å². The summed E-state index contributed by atoms with van der Waals surface area (Å²) < 4.78 is 32.3. The van der Waals surface area contributed by atoms with E-state index < -0.39 is 16.1 Å². The SMILES string of the molecule is COc1ccc(Cl)cc1N1CCN(S(=O)(=O)c2ccccc2)C(C)C1=O. The highest BCUT2D eigenvalue weighted by molar-refractivity contribution is 7.89. The second-order valence-electron chi connectivity index (χ2n) is 5.91. The van der Waals surface area contributed by atoms with Crippen LogP contribution in [0.4, 0.5) is 5.69 Å². The highest BCUT2D eigenvalue weighted by Gasteiger charge is 2.40. The molecule has 2 aromatic rings. The third-order valence-corrected chi connectivity index (χ3v) is 6.60. The van der Waals surface area contributed by atoms with Gasteiger partial charge in [-0.2, -0.15) is 4.31 Å². The van der Waals surface area contributed by atoms with Crippen LogP contribution in [-0.2, 0) is 14.8 Å². The van der Waals surface area contributed by atoms with Crippen LogP contribution in [0.1, 0.15) is 6.92 Å². The topological polar surface area (TPSA) is 66.9 Å². The summed E-state index contributed by atoms with van der Waals surface area (Å²) >= 11 is 6.06. The summed E-state index contributed by atoms with van der Waals surface area (Å²) in [5.74, 6) is 0.186. The number of methoxy groups -OCH3 is 1. The van der Waals surface area contributed by atoms with E-state index in [0.29, 0.717) is 16.5 Å². The van der Waals surface area contributed by atoms with Gasteiger partial charge < -0.3 is 9.64 Å². The first-order chi connectivity index (χ1) is 12.4. The number of piperazine rings is 1. The number of carbonyl (C=O) groups excluding carboxylic acids is 1. The number of benzene rings is 2. The Morgan fingerprint density at radius 3 is 2.46 bits per heavy atom. The summed E-state index contributed by atoms with van der Waals surface area (Å²) in [7, 11) is -2.23. The molecule has 0 saturated carbocycles. The van der Waals surface area contributed by atoms with E-state index in [0.717, 1.165) is 0 Å². The van der Waals surface area contributed by atoms with Crippen LogP contribution < -0.4 is 9.64 Å². The number of halogens is 1. The van der Waals surface area contributed by atoms with Gasteiger partial charge >= 0.3 is 0 Å². The van der Waals surface area contributed by atoms with E-state index in [1.54, 1.807) is 43.3 Å². The monoisotopic (exact) mass is 394 g/mol. The number of hydrogen-bond acceptors (Lipinski definition) is 4. The van der Waals surface area contributed by atoms with Crippen molar-refractivity contribution >= 4 is 33.2 Å². The lowest BCUT2D eigenvalue weighted by atomic mass is 10.1. The lowest BCUT2D eigenvalue weighted by Crippen LogP contribution is -2.57. The molecule has 1 unspecified atom stereocenters. The fourth-order valence-corrected chi connectivity index (χ4v) is 4.79. The Labute approximate surface area is 158 Å². The molecule has 138 valence electrons. The minimum atomic E-state index is -3.75. The Kier molecular flexibility index (Phi) is 5.22. The number of nitrogens with zero attached hydrogens (tertiary/aromatic N) is 2. The first-order valence-electron chi connectivity index (χ1n) is 8.08. The van der Waals surface area contributed by atoms with E-state index in [9.17, 15) is 13.2 Å². The molecule has 6 nitrogen and oxygen atoms in total. The molecule has 0 bridgehead atoms. The van der Waals surface area contributed by atoms with Crippen molar-refractivity contribution < 1.29 is 17.9 Å². The summed E-state index contributed by atoms with van der Waals surface area (Å²) in [5.41, 5.74) is 0.536. The highest BCUT2D eigenvalue weighted by atomic mass is 35.5. The number of anilines is 1. The first-order valence-corrected chi connectivity index (χ1v) is 9.90. The zero-order valence-electron chi connectivity index (χ0n) is 14.4. The summed E-state index contributed by atoms with van der Waals surface area (Å²) in [4.78, 5) is 14.6. The molecule has 8 heteroatoms. The van der Waals surface area contributed by atoms with Gasteiger partial charge in [0.05, 0.1) is 17.7 Å². The molecule has 26 heavy (non-hydrogen) atoms. The lowest BCUT2D eigenvalue weighted by Gasteiger charge is -2.38. The van der Waals surface area contributed by atoms with E-state index in [2.05, 4.69) is 0 Å². The Hall–Kier alpha value is -2.09. The van der Waals surface area contributed by atoms with E-state index >= 15 is 0 Å². The van der Waals surface area contributed by atoms with E-state index in [4.69, 9.17) is 16.3 Å². The van der Waals surface area contributed by atoms with Crippen LogP contribution in [0.2, 0.25) is 5.02 Å². The molecule has 1 aliphatic heterocycles. The van der Waals surface area contributed by atoms with Gasteiger partial charge in [0.1, 0.15) is 11.8 Å². The third-order valence-electron chi connectivity index (χ3n) is 4.38. The normalized spacial score (nSPS) is 18.8. The Morgan fingerprint density at radius 1 is 1.12 bits per heavy atom. The molecular formula is C18H19ClN2O4S. The quantitative estimate of drug-likeness (QED) is 0.799. The van der Waals surface area contributed by atoms with Gasteiger partial charge in [-0.25, -0.2) is 8.42 Å². The molecule has 1 fully saturated rings. The van der Waals surface area contributed by atoms with Gasteiger partial charge in [0, 0.05) is 18.1 Å². The molecule has 2 aromatic carbocycles. The average molecular weight is 395 g/mol. The van der Waals surface area contributed by atoms with Crippen molar-refractivity contribution in [2.75, 3.05) is 25.1 Å². The highest BCUT2D eigenvalue weighted by Crippen LogP contribution is 2.34. The van der Waals surface area contributed by atoms with Crippen LogP contribution in [0, 0.1) is 0 Å². The second kappa shape index (κ2) is 7.26. The molecule has 0 N–H and O–H groups in total. The van der Waals surface area contributed by atoms with Crippen molar-refractivity contribution in [3.63, 3.8) is 0 Å². The lowest BCUT2D eigenvalue weighted by molar-refractivity contribution is -0.123. The minimum absolute atomic E-state index is 0.174. The summed E-state index contributed by atoms with van der Waals surface area (Å²) in [5, 5.41) is 0.473. The summed E-state index contributed by atoms with van der Waals surface area (Å²) in [6.45, 7) is 1.98. The largest absolute Gasteiger partial charge is 0.495 e. The first kappa shape index (κ1) is 18.7. The van der Waals surface area contributed by atoms with Crippen LogP contribution in [0.15, 0.2) is 53.4 Å². The number of sulfonamides is 1. The maximum absolute atomic E-state index is 12.9. The summed E-state index contributed by atoms with van der Waals surface area (Å²) in [6, 6.07) is 12.3. The van der Waals surface area contributed by atoms with Crippen molar-refractivity contribution in [3.8, 4) is 5.75 Å². The summed E-state index contributed by atoms with van der Waals surface area (Å²) in [6.07, 6.45) is 0. The zero-order valence-corrected chi connectivity index (χ0v) is 16.0. The van der Waals surface area contributed by atoms with Crippen molar-refractivity contribution in [1.29, 1.82) is 0 Å². The Bertz CT molecular complexity index is 918. The number of ether oxygens (including phenoxy) is 1. The third kappa shape index (κ3) is 3.30. The van der Waals surface area contributed by atoms with Crippen LogP contribution in [0.25, 0.3) is 0 Å². The fraction of sp³-hybridized carbons (Fsp3) is 0.278. The van der Waals surface area contributed by atoms with Crippen molar-refractivity contribution in [2.45, 2.75) is 17.9 Å². The Balaban J connectivity index is 1.92. The minimum Gasteiger partial charge on any atom is -0.495 e. The van der Waals surface area contributed by atoms with Gasteiger partial charge in [-0.3, -0.25) is 4.79 Å². The predicted octanol–water partition coefficient (Wildman–Crippen LogP) is 2.77.